The number of aromatic amines is 2. The Kier molecular flexibility index (Phi) is 7.74. The van der Waals surface area contributed by atoms with Crippen molar-refractivity contribution in [3.8, 4) is 5.69 Å². The van der Waals surface area contributed by atoms with Crippen LogP contribution in [0.25, 0.3) is 11.8 Å². The first-order valence-electron chi connectivity index (χ1n) is 9.87. The Balaban J connectivity index is 1.59. The van der Waals surface area contributed by atoms with Crippen LogP contribution in [-0.4, -0.2) is 44.8 Å². The molecule has 8 nitrogen and oxygen atoms in total. The van der Waals surface area contributed by atoms with E-state index in [2.05, 4.69) is 22.1 Å². The van der Waals surface area contributed by atoms with Gasteiger partial charge in [-0.15, -0.1) is 0 Å². The second-order valence-electron chi connectivity index (χ2n) is 6.97. The van der Waals surface area contributed by atoms with Crippen molar-refractivity contribution in [3.63, 3.8) is 0 Å². The minimum atomic E-state index is -0.934. The van der Waals surface area contributed by atoms with E-state index >= 15 is 0 Å². The number of hydrogen-bond donors (Lipinski definition) is 4. The first-order chi connectivity index (χ1) is 15.4. The highest BCUT2D eigenvalue weighted by Gasteiger charge is 2.14. The summed E-state index contributed by atoms with van der Waals surface area (Å²) in [5.74, 6) is -1.09. The van der Waals surface area contributed by atoms with Gasteiger partial charge in [-0.25, -0.2) is 0 Å². The summed E-state index contributed by atoms with van der Waals surface area (Å²) in [6.45, 7) is 4.05. The van der Waals surface area contributed by atoms with E-state index in [4.69, 9.17) is 24.4 Å². The summed E-state index contributed by atoms with van der Waals surface area (Å²) in [7, 11) is 0. The van der Waals surface area contributed by atoms with Crippen molar-refractivity contribution in [1.29, 1.82) is 0 Å². The number of H-pyrrole nitrogens is 2. The number of nitrogens with one attached hydrogen (secondary N) is 3. The Morgan fingerprint density at radius 3 is 2.38 bits per heavy atom. The summed E-state index contributed by atoms with van der Waals surface area (Å²) in [6.07, 6.45) is 2.44. The zero-order valence-electron chi connectivity index (χ0n) is 17.2. The van der Waals surface area contributed by atoms with Crippen molar-refractivity contribution in [1.82, 2.24) is 14.8 Å². The van der Waals surface area contributed by atoms with Crippen molar-refractivity contribution in [2.24, 2.45) is 0 Å². The molecule has 0 aliphatic rings. The molecule has 4 N–H and O–H groups in total. The fourth-order valence-corrected chi connectivity index (χ4v) is 3.84. The van der Waals surface area contributed by atoms with Crippen molar-refractivity contribution in [2.75, 3.05) is 23.3 Å². The standard InChI is InChI=1S/C22H23N5O3S2/c1-2-15-6-3-4-7-18(15)26(14-20(29)30)13-5-8-19(28)23-16-9-11-17(12-10-16)27-21(31)24-25-22(27)32/h2-4,6-7,9-12H,1,5,8,13-14H2,(H,23,28)(H,24,31)(H,25,32)(H,29,30). The van der Waals surface area contributed by atoms with Crippen molar-refractivity contribution in [3.05, 3.63) is 70.2 Å². The van der Waals surface area contributed by atoms with Gasteiger partial charge in [-0.05, 0) is 66.8 Å². The summed E-state index contributed by atoms with van der Waals surface area (Å²) in [5, 5.41) is 17.7. The molecule has 0 aliphatic heterocycles. The summed E-state index contributed by atoms with van der Waals surface area (Å²) < 4.78 is 2.58. The average Bonchev–Trinajstić information content (AvgIpc) is 3.11. The van der Waals surface area contributed by atoms with Crippen molar-refractivity contribution in [2.45, 2.75) is 12.8 Å². The Morgan fingerprint density at radius 1 is 1.09 bits per heavy atom. The number of carboxylic acids is 1. The lowest BCUT2D eigenvalue weighted by Crippen LogP contribution is -2.31. The van der Waals surface area contributed by atoms with Crippen molar-refractivity contribution >= 4 is 53.8 Å². The van der Waals surface area contributed by atoms with Crippen LogP contribution in [0.15, 0.2) is 55.1 Å². The first kappa shape index (κ1) is 23.2. The number of carbonyl (C=O) groups is 2. The number of anilines is 2. The molecule has 0 radical (unpaired) electrons. The maximum atomic E-state index is 12.4. The first-order valence-corrected chi connectivity index (χ1v) is 10.7. The quantitative estimate of drug-likeness (QED) is 0.325. The number of aliphatic carboxylic acids is 1. The van der Waals surface area contributed by atoms with E-state index in [1.165, 1.54) is 0 Å². The SMILES string of the molecule is C=Cc1ccccc1N(CCCC(=O)Nc1ccc(-n2c(=S)[nH][nH]c2=S)cc1)CC(=O)O. The molecule has 3 rings (SSSR count). The van der Waals surface area contributed by atoms with Crippen LogP contribution < -0.4 is 10.2 Å². The summed E-state index contributed by atoms with van der Waals surface area (Å²) in [6, 6.07) is 14.6. The molecule has 1 heterocycles. The van der Waals surface area contributed by atoms with Gasteiger partial charge in [0, 0.05) is 24.3 Å². The molecular weight excluding hydrogens is 446 g/mol. The van der Waals surface area contributed by atoms with Crippen LogP contribution >= 0.6 is 24.4 Å². The minimum absolute atomic E-state index is 0.152. The lowest BCUT2D eigenvalue weighted by molar-refractivity contribution is -0.135. The molecule has 10 heteroatoms. The molecule has 0 saturated heterocycles. The van der Waals surface area contributed by atoms with Gasteiger partial charge in [0.15, 0.2) is 9.54 Å². The highest BCUT2D eigenvalue weighted by atomic mass is 32.1. The fourth-order valence-electron chi connectivity index (χ4n) is 3.29. The lowest BCUT2D eigenvalue weighted by atomic mass is 10.1. The van der Waals surface area contributed by atoms with E-state index in [-0.39, 0.29) is 18.9 Å². The van der Waals surface area contributed by atoms with Gasteiger partial charge in [-0.2, -0.15) is 0 Å². The normalized spacial score (nSPS) is 10.5. The highest BCUT2D eigenvalue weighted by molar-refractivity contribution is 7.72. The van der Waals surface area contributed by atoms with Gasteiger partial charge < -0.3 is 15.3 Å². The molecule has 0 spiro atoms. The number of hydrogen-bond acceptors (Lipinski definition) is 5. The van der Waals surface area contributed by atoms with Crippen molar-refractivity contribution < 1.29 is 14.7 Å². The fraction of sp³-hybridized carbons (Fsp3) is 0.182. The topological polar surface area (TPSA) is 106 Å². The number of carboxylic acid groups (broad SMARTS) is 1. The predicted octanol–water partition coefficient (Wildman–Crippen LogP) is 4.55. The van der Waals surface area contributed by atoms with Gasteiger partial charge in [0.1, 0.15) is 6.54 Å². The van der Waals surface area contributed by atoms with Gasteiger partial charge in [0.05, 0.1) is 5.69 Å². The Morgan fingerprint density at radius 2 is 1.75 bits per heavy atom. The monoisotopic (exact) mass is 469 g/mol. The van der Waals surface area contributed by atoms with E-state index in [1.54, 1.807) is 27.7 Å². The summed E-state index contributed by atoms with van der Waals surface area (Å²) in [4.78, 5) is 25.4. The van der Waals surface area contributed by atoms with Crippen LogP contribution in [0.3, 0.4) is 0 Å². The van der Waals surface area contributed by atoms with E-state index in [0.29, 0.717) is 28.2 Å². The predicted molar refractivity (Wildman–Crippen MR) is 130 cm³/mol. The smallest absolute Gasteiger partial charge is 0.323 e. The van der Waals surface area contributed by atoms with Crippen LogP contribution in [0.4, 0.5) is 11.4 Å². The molecule has 2 aromatic carbocycles. The Bertz CT molecular complexity index is 1200. The number of carbonyl (C=O) groups excluding carboxylic acids is 1. The van der Waals surface area contributed by atoms with E-state index < -0.39 is 5.97 Å². The number of benzene rings is 2. The second kappa shape index (κ2) is 10.7. The van der Waals surface area contributed by atoms with Gasteiger partial charge >= 0.3 is 5.97 Å². The molecule has 3 aromatic rings. The highest BCUT2D eigenvalue weighted by Crippen LogP contribution is 2.22. The zero-order valence-corrected chi connectivity index (χ0v) is 18.8. The van der Waals surface area contributed by atoms with E-state index in [0.717, 1.165) is 16.9 Å². The molecule has 0 aliphatic carbocycles. The van der Waals surface area contributed by atoms with E-state index in [9.17, 15) is 14.7 Å². The Labute approximate surface area is 195 Å². The molecule has 0 saturated carbocycles. The van der Waals surface area contributed by atoms with Gasteiger partial charge in [0.2, 0.25) is 5.91 Å². The second-order valence-corrected chi connectivity index (χ2v) is 7.75. The van der Waals surface area contributed by atoms with Crippen LogP contribution in [0.2, 0.25) is 0 Å². The number of amides is 1. The number of rotatable bonds is 10. The molecule has 0 fully saturated rings. The van der Waals surface area contributed by atoms with Gasteiger partial charge in [-0.1, -0.05) is 30.9 Å². The lowest BCUT2D eigenvalue weighted by Gasteiger charge is -2.24. The largest absolute Gasteiger partial charge is 0.480 e. The molecule has 0 atom stereocenters. The van der Waals surface area contributed by atoms with Crippen LogP contribution in [0, 0.1) is 9.54 Å². The maximum Gasteiger partial charge on any atom is 0.323 e. The third kappa shape index (κ3) is 5.80. The third-order valence-corrected chi connectivity index (χ3v) is 5.32. The van der Waals surface area contributed by atoms with Crippen LogP contribution in [0.1, 0.15) is 18.4 Å². The van der Waals surface area contributed by atoms with E-state index in [1.807, 2.05) is 36.4 Å². The number of aromatic nitrogens is 3. The van der Waals surface area contributed by atoms with Gasteiger partial charge in [-0.3, -0.25) is 24.4 Å². The summed E-state index contributed by atoms with van der Waals surface area (Å²) >= 11 is 10.4. The van der Waals surface area contributed by atoms with Crippen LogP contribution in [0.5, 0.6) is 0 Å². The molecule has 0 bridgehead atoms. The molecule has 1 amide bonds. The maximum absolute atomic E-state index is 12.4. The Hall–Kier alpha value is -3.50. The zero-order chi connectivity index (χ0) is 23.1. The van der Waals surface area contributed by atoms with Gasteiger partial charge in [0.25, 0.3) is 0 Å². The third-order valence-electron chi connectivity index (χ3n) is 4.75. The number of nitrogens with zero attached hydrogens (tertiary/aromatic N) is 2. The van der Waals surface area contributed by atoms with Crippen LogP contribution in [-0.2, 0) is 9.59 Å². The molecule has 1 aromatic heterocycles. The average molecular weight is 470 g/mol. The molecule has 32 heavy (non-hydrogen) atoms. The number of para-hydroxylation sites is 1. The molecule has 0 unspecified atom stereocenters. The minimum Gasteiger partial charge on any atom is -0.480 e. The summed E-state index contributed by atoms with van der Waals surface area (Å²) in [5.41, 5.74) is 3.05. The molecule has 166 valence electrons. The molecular formula is C22H23N5O3S2.